The molecule has 0 spiro atoms. The van der Waals surface area contributed by atoms with Crippen molar-refractivity contribution in [2.45, 2.75) is 63.8 Å². The van der Waals surface area contributed by atoms with Crippen LogP contribution in [0.5, 0.6) is 0 Å². The second-order valence-corrected chi connectivity index (χ2v) is 6.92. The van der Waals surface area contributed by atoms with Crippen LogP contribution in [-0.2, 0) is 9.53 Å². The highest BCUT2D eigenvalue weighted by Gasteiger charge is 2.55. The molecule has 0 aromatic heterocycles. The summed E-state index contributed by atoms with van der Waals surface area (Å²) < 4.78 is 5.37. The van der Waals surface area contributed by atoms with Crippen molar-refractivity contribution in [3.63, 3.8) is 0 Å². The highest BCUT2D eigenvalue weighted by atomic mass is 16.5. The first-order valence-electron chi connectivity index (χ1n) is 7.08. The van der Waals surface area contributed by atoms with Crippen molar-refractivity contribution in [1.29, 1.82) is 0 Å². The van der Waals surface area contributed by atoms with Gasteiger partial charge in [-0.2, -0.15) is 0 Å². The summed E-state index contributed by atoms with van der Waals surface area (Å²) in [4.78, 5) is 11.7. The molecule has 0 bridgehead atoms. The van der Waals surface area contributed by atoms with Crippen LogP contribution in [-0.4, -0.2) is 33.5 Å². The number of fused-ring (bicyclic) bond motifs is 2. The molecule has 5 atom stereocenters. The maximum atomic E-state index is 11.7. The van der Waals surface area contributed by atoms with E-state index in [-0.39, 0.29) is 23.9 Å². The van der Waals surface area contributed by atoms with E-state index in [9.17, 15) is 15.0 Å². The molecule has 2 saturated carbocycles. The van der Waals surface area contributed by atoms with E-state index < -0.39 is 11.2 Å². The summed E-state index contributed by atoms with van der Waals surface area (Å²) in [6.07, 6.45) is 2.35. The van der Waals surface area contributed by atoms with Gasteiger partial charge in [0, 0.05) is 12.0 Å². The Bertz CT molecular complexity index is 461. The lowest BCUT2D eigenvalue weighted by Crippen LogP contribution is -2.41. The third kappa shape index (κ3) is 1.84. The number of aliphatic hydroxyl groups is 2. The molecule has 3 aliphatic rings. The minimum Gasteiger partial charge on any atom is -0.454 e. The van der Waals surface area contributed by atoms with Crippen molar-refractivity contribution < 1.29 is 19.7 Å². The standard InChI is InChI=1S/C15H22O4/c1-8-9-6-11-10(4-5-14(11,2)17)15(3,18)7-12(9)19-13(8)16/h10-12,17-18H,4-7H2,1-3H3/t10-,11+,12-,14+,15+/m0/s1. The van der Waals surface area contributed by atoms with E-state index in [2.05, 4.69) is 0 Å². The van der Waals surface area contributed by atoms with Gasteiger partial charge in [-0.1, -0.05) is 0 Å². The molecule has 2 N–H and O–H groups in total. The Morgan fingerprint density at radius 3 is 2.58 bits per heavy atom. The van der Waals surface area contributed by atoms with Gasteiger partial charge in [-0.3, -0.25) is 0 Å². The van der Waals surface area contributed by atoms with E-state index in [0.29, 0.717) is 24.8 Å². The van der Waals surface area contributed by atoms with Crippen LogP contribution >= 0.6 is 0 Å². The number of carbonyl (C=O) groups excluding carboxylic acids is 1. The Balaban J connectivity index is 2.04. The quantitative estimate of drug-likeness (QED) is 0.653. The number of ether oxygens (including phenoxy) is 1. The van der Waals surface area contributed by atoms with Gasteiger partial charge in [0.1, 0.15) is 6.10 Å². The Morgan fingerprint density at radius 1 is 1.21 bits per heavy atom. The molecule has 4 heteroatoms. The van der Waals surface area contributed by atoms with Crippen LogP contribution in [0.3, 0.4) is 0 Å². The molecule has 0 saturated heterocycles. The topological polar surface area (TPSA) is 66.8 Å². The minimum atomic E-state index is -0.886. The van der Waals surface area contributed by atoms with Crippen LogP contribution in [0, 0.1) is 11.8 Å². The van der Waals surface area contributed by atoms with Crippen molar-refractivity contribution in [3.05, 3.63) is 11.1 Å². The second kappa shape index (κ2) is 3.83. The number of hydrogen-bond donors (Lipinski definition) is 2. The minimum absolute atomic E-state index is 0.00644. The molecular formula is C15H22O4. The number of rotatable bonds is 0. The normalized spacial score (nSPS) is 49.7. The smallest absolute Gasteiger partial charge is 0.334 e. The first-order valence-corrected chi connectivity index (χ1v) is 7.08. The van der Waals surface area contributed by atoms with Crippen molar-refractivity contribution in [3.8, 4) is 0 Å². The van der Waals surface area contributed by atoms with Crippen LogP contribution in [0.4, 0.5) is 0 Å². The second-order valence-electron chi connectivity index (χ2n) is 6.92. The molecule has 1 aliphatic heterocycles. The van der Waals surface area contributed by atoms with Gasteiger partial charge in [-0.15, -0.1) is 0 Å². The summed E-state index contributed by atoms with van der Waals surface area (Å²) in [6.45, 7) is 5.45. The van der Waals surface area contributed by atoms with Crippen LogP contribution in [0.2, 0.25) is 0 Å². The Morgan fingerprint density at radius 2 is 1.89 bits per heavy atom. The van der Waals surface area contributed by atoms with Crippen molar-refractivity contribution in [2.24, 2.45) is 11.8 Å². The Hall–Kier alpha value is -0.870. The summed E-state index contributed by atoms with van der Waals surface area (Å²) in [6, 6.07) is 0. The number of esters is 1. The third-order valence-corrected chi connectivity index (χ3v) is 5.51. The highest BCUT2D eigenvalue weighted by Crippen LogP contribution is 2.53. The average Bonchev–Trinajstić information content (AvgIpc) is 2.66. The molecule has 2 aliphatic carbocycles. The Kier molecular flexibility index (Phi) is 2.64. The van der Waals surface area contributed by atoms with Crippen molar-refractivity contribution in [2.75, 3.05) is 0 Å². The lowest BCUT2D eigenvalue weighted by molar-refractivity contribution is -0.142. The first-order chi connectivity index (χ1) is 8.72. The molecule has 106 valence electrons. The molecule has 1 heterocycles. The van der Waals surface area contributed by atoms with Crippen LogP contribution in [0.1, 0.15) is 46.5 Å². The number of hydrogen-bond acceptors (Lipinski definition) is 4. The predicted molar refractivity (Wildman–Crippen MR) is 69.3 cm³/mol. The molecular weight excluding hydrogens is 244 g/mol. The zero-order chi connectivity index (χ0) is 14.0. The monoisotopic (exact) mass is 266 g/mol. The highest BCUT2D eigenvalue weighted by molar-refractivity contribution is 5.91. The molecule has 0 unspecified atom stereocenters. The zero-order valence-corrected chi connectivity index (χ0v) is 11.8. The summed E-state index contributed by atoms with van der Waals surface area (Å²) in [5.41, 5.74) is 0.00869. The third-order valence-electron chi connectivity index (χ3n) is 5.51. The SMILES string of the molecule is CC1=C2C[C@@H]3[C@H](CC[C@@]3(C)O)[C@](C)(O)C[C@@H]2OC1=O. The summed E-state index contributed by atoms with van der Waals surface area (Å²) in [7, 11) is 0. The molecule has 0 aromatic rings. The summed E-state index contributed by atoms with van der Waals surface area (Å²) in [5.74, 6) is -0.189. The Labute approximate surface area is 113 Å². The van der Waals surface area contributed by atoms with Gasteiger partial charge < -0.3 is 14.9 Å². The largest absolute Gasteiger partial charge is 0.454 e. The van der Waals surface area contributed by atoms with E-state index in [1.807, 2.05) is 13.8 Å². The first kappa shape index (κ1) is 13.1. The predicted octanol–water partition coefficient (Wildman–Crippen LogP) is 1.55. The average molecular weight is 266 g/mol. The molecule has 2 fully saturated rings. The van der Waals surface area contributed by atoms with E-state index >= 15 is 0 Å². The van der Waals surface area contributed by atoms with Gasteiger partial charge in [0.05, 0.1) is 11.2 Å². The maximum absolute atomic E-state index is 11.7. The van der Waals surface area contributed by atoms with Crippen molar-refractivity contribution in [1.82, 2.24) is 0 Å². The summed E-state index contributed by atoms with van der Waals surface area (Å²) >= 11 is 0. The van der Waals surface area contributed by atoms with Crippen LogP contribution in [0.25, 0.3) is 0 Å². The van der Waals surface area contributed by atoms with Gasteiger partial charge in [-0.25, -0.2) is 4.79 Å². The molecule has 4 nitrogen and oxygen atoms in total. The van der Waals surface area contributed by atoms with Crippen LogP contribution < -0.4 is 0 Å². The molecule has 0 radical (unpaired) electrons. The lowest BCUT2D eigenvalue weighted by atomic mass is 9.76. The lowest BCUT2D eigenvalue weighted by Gasteiger charge is -2.35. The number of carbonyl (C=O) groups is 1. The molecule has 3 rings (SSSR count). The van der Waals surface area contributed by atoms with Gasteiger partial charge in [-0.05, 0) is 57.4 Å². The molecule has 0 aromatic carbocycles. The van der Waals surface area contributed by atoms with Crippen LogP contribution in [0.15, 0.2) is 11.1 Å². The molecule has 0 amide bonds. The zero-order valence-electron chi connectivity index (χ0n) is 11.8. The van der Waals surface area contributed by atoms with Gasteiger partial charge >= 0.3 is 5.97 Å². The fourth-order valence-corrected chi connectivity index (χ4v) is 4.25. The molecule has 19 heavy (non-hydrogen) atoms. The van der Waals surface area contributed by atoms with Gasteiger partial charge in [0.15, 0.2) is 0 Å². The maximum Gasteiger partial charge on any atom is 0.334 e. The van der Waals surface area contributed by atoms with E-state index in [1.54, 1.807) is 6.92 Å². The fraction of sp³-hybridized carbons (Fsp3) is 0.800. The van der Waals surface area contributed by atoms with E-state index in [0.717, 1.165) is 12.0 Å². The fourth-order valence-electron chi connectivity index (χ4n) is 4.25. The van der Waals surface area contributed by atoms with E-state index in [1.165, 1.54) is 0 Å². The van der Waals surface area contributed by atoms with Gasteiger partial charge in [0.25, 0.3) is 0 Å². The van der Waals surface area contributed by atoms with E-state index in [4.69, 9.17) is 4.74 Å². The summed E-state index contributed by atoms with van der Waals surface area (Å²) in [5, 5.41) is 21.3. The van der Waals surface area contributed by atoms with Gasteiger partial charge in [0.2, 0.25) is 0 Å². The van der Waals surface area contributed by atoms with Crippen molar-refractivity contribution >= 4 is 5.97 Å².